The van der Waals surface area contributed by atoms with E-state index in [0.29, 0.717) is 18.8 Å². The van der Waals surface area contributed by atoms with E-state index in [9.17, 15) is 14.4 Å². The SMILES string of the molecule is CC[C@H](C)c1ccccc1NC(=O)CN1C(=O)NC2(CCCCC2)C1=O. The van der Waals surface area contributed by atoms with Gasteiger partial charge in [-0.25, -0.2) is 4.79 Å². The lowest BCUT2D eigenvalue weighted by atomic mass is 9.82. The summed E-state index contributed by atoms with van der Waals surface area (Å²) in [5.41, 5.74) is 1.01. The lowest BCUT2D eigenvalue weighted by Gasteiger charge is -2.30. The van der Waals surface area contributed by atoms with E-state index in [1.807, 2.05) is 24.3 Å². The number of carbonyl (C=O) groups excluding carboxylic acids is 3. The van der Waals surface area contributed by atoms with Gasteiger partial charge in [-0.15, -0.1) is 0 Å². The second-order valence-corrected chi connectivity index (χ2v) is 7.41. The van der Waals surface area contributed by atoms with Gasteiger partial charge >= 0.3 is 6.03 Å². The van der Waals surface area contributed by atoms with Crippen molar-refractivity contribution in [2.45, 2.75) is 63.8 Å². The van der Waals surface area contributed by atoms with Crippen molar-refractivity contribution in [3.8, 4) is 0 Å². The molecule has 1 aliphatic heterocycles. The van der Waals surface area contributed by atoms with Gasteiger partial charge in [0.2, 0.25) is 5.91 Å². The molecular formula is C20H27N3O3. The summed E-state index contributed by atoms with van der Waals surface area (Å²) in [4.78, 5) is 38.6. The summed E-state index contributed by atoms with van der Waals surface area (Å²) >= 11 is 0. The Morgan fingerprint density at radius 1 is 1.23 bits per heavy atom. The minimum absolute atomic E-state index is 0.249. The molecule has 1 aromatic carbocycles. The van der Waals surface area contributed by atoms with Crippen LogP contribution in [-0.2, 0) is 9.59 Å². The highest BCUT2D eigenvalue weighted by molar-refractivity contribution is 6.10. The molecule has 6 nitrogen and oxygen atoms in total. The maximum absolute atomic E-state index is 12.8. The fourth-order valence-electron chi connectivity index (χ4n) is 3.91. The number of hydrogen-bond donors (Lipinski definition) is 2. The highest BCUT2D eigenvalue weighted by atomic mass is 16.2. The molecule has 0 bridgehead atoms. The number of para-hydroxylation sites is 1. The Morgan fingerprint density at radius 3 is 2.62 bits per heavy atom. The first-order chi connectivity index (χ1) is 12.5. The highest BCUT2D eigenvalue weighted by Gasteiger charge is 2.51. The lowest BCUT2D eigenvalue weighted by Crippen LogP contribution is -2.48. The molecule has 26 heavy (non-hydrogen) atoms. The Hall–Kier alpha value is -2.37. The van der Waals surface area contributed by atoms with E-state index in [2.05, 4.69) is 24.5 Å². The first kappa shape index (κ1) is 18.4. The molecule has 1 spiro atoms. The van der Waals surface area contributed by atoms with Crippen LogP contribution in [-0.4, -0.2) is 34.8 Å². The maximum atomic E-state index is 12.8. The number of nitrogens with zero attached hydrogens (tertiary/aromatic N) is 1. The van der Waals surface area contributed by atoms with E-state index in [4.69, 9.17) is 0 Å². The van der Waals surface area contributed by atoms with E-state index in [0.717, 1.165) is 41.8 Å². The first-order valence-electron chi connectivity index (χ1n) is 9.50. The summed E-state index contributed by atoms with van der Waals surface area (Å²) in [7, 11) is 0. The van der Waals surface area contributed by atoms with Crippen molar-refractivity contribution in [1.29, 1.82) is 0 Å². The van der Waals surface area contributed by atoms with E-state index in [1.165, 1.54) is 0 Å². The summed E-state index contributed by atoms with van der Waals surface area (Å²) in [6.07, 6.45) is 5.21. The van der Waals surface area contributed by atoms with E-state index >= 15 is 0 Å². The van der Waals surface area contributed by atoms with Gasteiger partial charge in [0.15, 0.2) is 0 Å². The minimum Gasteiger partial charge on any atom is -0.324 e. The fraction of sp³-hybridized carbons (Fsp3) is 0.550. The van der Waals surface area contributed by atoms with E-state index in [-0.39, 0.29) is 18.4 Å². The van der Waals surface area contributed by atoms with Gasteiger partial charge < -0.3 is 10.6 Å². The third-order valence-corrected chi connectivity index (χ3v) is 5.63. The molecule has 6 heteroatoms. The van der Waals surface area contributed by atoms with Crippen molar-refractivity contribution in [3.05, 3.63) is 29.8 Å². The van der Waals surface area contributed by atoms with Crippen LogP contribution in [0.15, 0.2) is 24.3 Å². The van der Waals surface area contributed by atoms with E-state index in [1.54, 1.807) is 0 Å². The Kier molecular flexibility index (Phi) is 5.30. The molecule has 0 unspecified atom stereocenters. The van der Waals surface area contributed by atoms with Crippen LogP contribution in [0.2, 0.25) is 0 Å². The van der Waals surface area contributed by atoms with Crippen molar-refractivity contribution >= 4 is 23.5 Å². The maximum Gasteiger partial charge on any atom is 0.325 e. The minimum atomic E-state index is -0.787. The molecule has 1 atom stereocenters. The van der Waals surface area contributed by atoms with Gasteiger partial charge in [0.25, 0.3) is 5.91 Å². The molecule has 4 amide bonds. The van der Waals surface area contributed by atoms with Crippen LogP contribution >= 0.6 is 0 Å². The van der Waals surface area contributed by atoms with Crippen LogP contribution in [0.3, 0.4) is 0 Å². The number of nitrogens with one attached hydrogen (secondary N) is 2. The fourth-order valence-corrected chi connectivity index (χ4v) is 3.91. The second-order valence-electron chi connectivity index (χ2n) is 7.41. The zero-order chi connectivity index (χ0) is 18.7. The molecule has 2 fully saturated rings. The smallest absolute Gasteiger partial charge is 0.324 e. The zero-order valence-corrected chi connectivity index (χ0v) is 15.5. The molecule has 2 aliphatic rings. The molecule has 2 N–H and O–H groups in total. The number of hydrogen-bond acceptors (Lipinski definition) is 3. The average molecular weight is 357 g/mol. The molecule has 1 heterocycles. The number of amides is 4. The van der Waals surface area contributed by atoms with Gasteiger partial charge in [0.1, 0.15) is 12.1 Å². The molecule has 1 aromatic rings. The molecular weight excluding hydrogens is 330 g/mol. The van der Waals surface area contributed by atoms with Gasteiger partial charge in [0, 0.05) is 5.69 Å². The number of anilines is 1. The quantitative estimate of drug-likeness (QED) is 0.793. The zero-order valence-electron chi connectivity index (χ0n) is 15.5. The van der Waals surface area contributed by atoms with Gasteiger partial charge in [-0.2, -0.15) is 0 Å². The monoisotopic (exact) mass is 357 g/mol. The van der Waals surface area contributed by atoms with Crippen molar-refractivity contribution in [1.82, 2.24) is 10.2 Å². The van der Waals surface area contributed by atoms with Crippen LogP contribution in [0.4, 0.5) is 10.5 Å². The summed E-state index contributed by atoms with van der Waals surface area (Å²) < 4.78 is 0. The second kappa shape index (κ2) is 7.48. The predicted octanol–water partition coefficient (Wildman–Crippen LogP) is 3.39. The van der Waals surface area contributed by atoms with Crippen molar-refractivity contribution < 1.29 is 14.4 Å². The third-order valence-electron chi connectivity index (χ3n) is 5.63. The number of imide groups is 1. The summed E-state index contributed by atoms with van der Waals surface area (Å²) in [5, 5.41) is 5.71. The topological polar surface area (TPSA) is 78.5 Å². The first-order valence-corrected chi connectivity index (χ1v) is 9.50. The van der Waals surface area contributed by atoms with Crippen LogP contribution < -0.4 is 10.6 Å². The molecule has 1 aliphatic carbocycles. The number of urea groups is 1. The largest absolute Gasteiger partial charge is 0.325 e. The van der Waals surface area contributed by atoms with Crippen LogP contribution in [0, 0.1) is 0 Å². The standard InChI is InChI=1S/C20H27N3O3/c1-3-14(2)15-9-5-6-10-16(15)21-17(24)13-23-18(25)20(22-19(23)26)11-7-4-8-12-20/h5-6,9-10,14H,3-4,7-8,11-13H2,1-2H3,(H,21,24)(H,22,26)/t14-/m0/s1. The molecule has 0 aromatic heterocycles. The van der Waals surface area contributed by atoms with Crippen LogP contribution in [0.1, 0.15) is 63.9 Å². The number of rotatable bonds is 5. The van der Waals surface area contributed by atoms with E-state index < -0.39 is 11.6 Å². The molecule has 140 valence electrons. The highest BCUT2D eigenvalue weighted by Crippen LogP contribution is 2.33. The summed E-state index contributed by atoms with van der Waals surface area (Å²) in [6, 6.07) is 7.21. The lowest BCUT2D eigenvalue weighted by molar-refractivity contribution is -0.134. The third kappa shape index (κ3) is 3.45. The molecule has 0 radical (unpaired) electrons. The molecule has 3 rings (SSSR count). The molecule has 1 saturated heterocycles. The Morgan fingerprint density at radius 2 is 1.92 bits per heavy atom. The van der Waals surface area contributed by atoms with Crippen molar-refractivity contribution in [2.75, 3.05) is 11.9 Å². The predicted molar refractivity (Wildman–Crippen MR) is 99.8 cm³/mol. The number of benzene rings is 1. The van der Waals surface area contributed by atoms with Gasteiger partial charge in [-0.05, 0) is 36.8 Å². The van der Waals surface area contributed by atoms with Crippen LogP contribution in [0.5, 0.6) is 0 Å². The summed E-state index contributed by atoms with van der Waals surface area (Å²) in [6.45, 7) is 3.96. The number of carbonyl (C=O) groups is 3. The Labute approximate surface area is 154 Å². The van der Waals surface area contributed by atoms with Gasteiger partial charge in [0.05, 0.1) is 0 Å². The van der Waals surface area contributed by atoms with Crippen LogP contribution in [0.25, 0.3) is 0 Å². The summed E-state index contributed by atoms with van der Waals surface area (Å²) in [5.74, 6) is -0.293. The Balaban J connectivity index is 1.69. The molecule has 1 saturated carbocycles. The normalized spacial score (nSPS) is 20.2. The van der Waals surface area contributed by atoms with Crippen molar-refractivity contribution in [3.63, 3.8) is 0 Å². The van der Waals surface area contributed by atoms with Gasteiger partial charge in [-0.3, -0.25) is 14.5 Å². The Bertz CT molecular complexity index is 710. The van der Waals surface area contributed by atoms with Gasteiger partial charge in [-0.1, -0.05) is 51.3 Å². The average Bonchev–Trinajstić information content (AvgIpc) is 2.86. The van der Waals surface area contributed by atoms with Crippen molar-refractivity contribution in [2.24, 2.45) is 0 Å².